The lowest BCUT2D eigenvalue weighted by Gasteiger charge is -2.03. The highest BCUT2D eigenvalue weighted by Crippen LogP contribution is 2.34. The Labute approximate surface area is 104 Å². The molecule has 2 rings (SSSR count). The number of hydrogen-bond acceptors (Lipinski definition) is 5. The Morgan fingerprint density at radius 1 is 1.47 bits per heavy atom. The van der Waals surface area contributed by atoms with Gasteiger partial charge in [-0.15, -0.1) is 10.2 Å². The predicted octanol–water partition coefficient (Wildman–Crippen LogP) is 2.91. The molecular weight excluding hydrogens is 294 g/mol. The standard InChI is InChI=1S/C9H8BrN3S2/c10-7-3-6(4-11)1-2-8(7)15-9-13-12-5-14-9/h1-3,5H,4,11H2. The molecule has 0 amide bonds. The molecule has 0 spiro atoms. The van der Waals surface area contributed by atoms with Crippen LogP contribution in [0.1, 0.15) is 5.56 Å². The first-order valence-electron chi connectivity index (χ1n) is 4.22. The number of halogens is 1. The highest BCUT2D eigenvalue weighted by atomic mass is 79.9. The third kappa shape index (κ3) is 2.78. The van der Waals surface area contributed by atoms with E-state index in [0.29, 0.717) is 6.54 Å². The summed E-state index contributed by atoms with van der Waals surface area (Å²) in [5, 5.41) is 7.78. The monoisotopic (exact) mass is 301 g/mol. The van der Waals surface area contributed by atoms with Crippen LogP contribution in [0, 0.1) is 0 Å². The van der Waals surface area contributed by atoms with E-state index >= 15 is 0 Å². The molecule has 0 atom stereocenters. The van der Waals surface area contributed by atoms with E-state index in [9.17, 15) is 0 Å². The van der Waals surface area contributed by atoms with Gasteiger partial charge in [0.25, 0.3) is 0 Å². The summed E-state index contributed by atoms with van der Waals surface area (Å²) in [6.45, 7) is 0.558. The smallest absolute Gasteiger partial charge is 0.178 e. The number of aromatic nitrogens is 2. The maximum atomic E-state index is 5.56. The minimum Gasteiger partial charge on any atom is -0.326 e. The van der Waals surface area contributed by atoms with Crippen molar-refractivity contribution in [3.8, 4) is 0 Å². The molecule has 78 valence electrons. The first kappa shape index (κ1) is 11.1. The van der Waals surface area contributed by atoms with Gasteiger partial charge in [0, 0.05) is 15.9 Å². The summed E-state index contributed by atoms with van der Waals surface area (Å²) in [5.74, 6) is 0. The average molecular weight is 302 g/mol. The van der Waals surface area contributed by atoms with Gasteiger partial charge in [0.05, 0.1) is 0 Å². The molecule has 0 aliphatic heterocycles. The lowest BCUT2D eigenvalue weighted by atomic mass is 10.2. The molecule has 6 heteroatoms. The van der Waals surface area contributed by atoms with Crippen molar-refractivity contribution in [1.29, 1.82) is 0 Å². The third-order valence-corrected chi connectivity index (χ3v) is 4.54. The van der Waals surface area contributed by atoms with E-state index in [1.165, 1.54) is 11.3 Å². The van der Waals surface area contributed by atoms with Gasteiger partial charge in [-0.2, -0.15) is 0 Å². The number of hydrogen-bond donors (Lipinski definition) is 1. The van der Waals surface area contributed by atoms with Crippen LogP contribution in [0.4, 0.5) is 0 Å². The fraction of sp³-hybridized carbons (Fsp3) is 0.111. The number of nitrogens with zero attached hydrogens (tertiary/aromatic N) is 2. The van der Waals surface area contributed by atoms with Crippen LogP contribution in [0.2, 0.25) is 0 Å². The minimum atomic E-state index is 0.558. The zero-order valence-electron chi connectivity index (χ0n) is 7.68. The van der Waals surface area contributed by atoms with Gasteiger partial charge in [0.2, 0.25) is 0 Å². The van der Waals surface area contributed by atoms with Gasteiger partial charge in [-0.25, -0.2) is 0 Å². The van der Waals surface area contributed by atoms with Gasteiger partial charge in [0.1, 0.15) is 5.51 Å². The Kier molecular flexibility index (Phi) is 3.74. The first-order valence-corrected chi connectivity index (χ1v) is 6.71. The first-order chi connectivity index (χ1) is 7.29. The van der Waals surface area contributed by atoms with Gasteiger partial charge in [-0.1, -0.05) is 29.2 Å². The molecule has 0 saturated carbocycles. The van der Waals surface area contributed by atoms with Crippen LogP contribution in [-0.4, -0.2) is 10.2 Å². The molecule has 3 nitrogen and oxygen atoms in total. The highest BCUT2D eigenvalue weighted by Gasteiger charge is 2.05. The van der Waals surface area contributed by atoms with Crippen molar-refractivity contribution in [2.45, 2.75) is 15.8 Å². The maximum Gasteiger partial charge on any atom is 0.178 e. The van der Waals surface area contributed by atoms with Crippen LogP contribution in [0.5, 0.6) is 0 Å². The third-order valence-electron chi connectivity index (χ3n) is 1.77. The second-order valence-corrected chi connectivity index (χ2v) is 5.75. The molecule has 0 aliphatic rings. The van der Waals surface area contributed by atoms with Gasteiger partial charge in [-0.05, 0) is 33.6 Å². The minimum absolute atomic E-state index is 0.558. The molecule has 1 heterocycles. The Balaban J connectivity index is 2.22. The van der Waals surface area contributed by atoms with Gasteiger partial charge in [-0.3, -0.25) is 0 Å². The van der Waals surface area contributed by atoms with Crippen LogP contribution in [-0.2, 0) is 6.54 Å². The lowest BCUT2D eigenvalue weighted by molar-refractivity contribution is 1.01. The largest absolute Gasteiger partial charge is 0.326 e. The molecule has 1 aromatic carbocycles. The summed E-state index contributed by atoms with van der Waals surface area (Å²) in [4.78, 5) is 1.13. The van der Waals surface area contributed by atoms with Crippen LogP contribution in [0.15, 0.2) is 37.4 Å². The second-order valence-electron chi connectivity index (χ2n) is 2.78. The van der Waals surface area contributed by atoms with Gasteiger partial charge >= 0.3 is 0 Å². The van der Waals surface area contributed by atoms with Crippen LogP contribution in [0.3, 0.4) is 0 Å². The van der Waals surface area contributed by atoms with E-state index in [4.69, 9.17) is 5.73 Å². The molecule has 0 bridgehead atoms. The van der Waals surface area contributed by atoms with E-state index in [0.717, 1.165) is 19.3 Å². The van der Waals surface area contributed by atoms with Crippen molar-refractivity contribution >= 4 is 39.0 Å². The van der Waals surface area contributed by atoms with Crippen molar-refractivity contribution in [2.24, 2.45) is 5.73 Å². The van der Waals surface area contributed by atoms with Gasteiger partial charge < -0.3 is 5.73 Å². The van der Waals surface area contributed by atoms with E-state index in [2.05, 4.69) is 26.1 Å². The summed E-state index contributed by atoms with van der Waals surface area (Å²) in [7, 11) is 0. The van der Waals surface area contributed by atoms with Crippen molar-refractivity contribution in [3.63, 3.8) is 0 Å². The summed E-state index contributed by atoms with van der Waals surface area (Å²) >= 11 is 6.64. The fourth-order valence-electron chi connectivity index (χ4n) is 1.06. The van der Waals surface area contributed by atoms with E-state index in [1.807, 2.05) is 18.2 Å². The maximum absolute atomic E-state index is 5.56. The molecule has 15 heavy (non-hydrogen) atoms. The summed E-state index contributed by atoms with van der Waals surface area (Å²) < 4.78 is 1.99. The molecule has 0 aliphatic carbocycles. The normalized spacial score (nSPS) is 10.5. The van der Waals surface area contributed by atoms with E-state index in [-0.39, 0.29) is 0 Å². The molecule has 0 unspecified atom stereocenters. The van der Waals surface area contributed by atoms with Crippen LogP contribution >= 0.6 is 39.0 Å². The van der Waals surface area contributed by atoms with Crippen molar-refractivity contribution in [1.82, 2.24) is 10.2 Å². The molecule has 0 saturated heterocycles. The predicted molar refractivity (Wildman–Crippen MR) is 66.1 cm³/mol. The second kappa shape index (κ2) is 5.07. The topological polar surface area (TPSA) is 51.8 Å². The van der Waals surface area contributed by atoms with E-state index < -0.39 is 0 Å². The van der Waals surface area contributed by atoms with Crippen LogP contribution in [0.25, 0.3) is 0 Å². The Hall–Kier alpha value is -0.430. The molecular formula is C9H8BrN3S2. The molecule has 0 fully saturated rings. The number of rotatable bonds is 3. The SMILES string of the molecule is NCc1ccc(Sc2nncs2)c(Br)c1. The summed E-state index contributed by atoms with van der Waals surface area (Å²) in [6.07, 6.45) is 0. The number of benzene rings is 1. The highest BCUT2D eigenvalue weighted by molar-refractivity contribution is 9.10. The quantitative estimate of drug-likeness (QED) is 0.947. The van der Waals surface area contributed by atoms with E-state index in [1.54, 1.807) is 17.3 Å². The lowest BCUT2D eigenvalue weighted by Crippen LogP contribution is -1.95. The zero-order chi connectivity index (χ0) is 10.7. The Morgan fingerprint density at radius 2 is 2.33 bits per heavy atom. The average Bonchev–Trinajstić information content (AvgIpc) is 2.74. The molecule has 1 aromatic heterocycles. The summed E-state index contributed by atoms with van der Waals surface area (Å²) in [6, 6.07) is 6.09. The van der Waals surface area contributed by atoms with Crippen molar-refractivity contribution < 1.29 is 0 Å². The van der Waals surface area contributed by atoms with Crippen molar-refractivity contribution in [2.75, 3.05) is 0 Å². The Morgan fingerprint density at radius 3 is 2.93 bits per heavy atom. The zero-order valence-corrected chi connectivity index (χ0v) is 10.9. The van der Waals surface area contributed by atoms with Crippen LogP contribution < -0.4 is 5.73 Å². The molecule has 2 aromatic rings. The van der Waals surface area contributed by atoms with Crippen molar-refractivity contribution in [3.05, 3.63) is 33.7 Å². The number of nitrogens with two attached hydrogens (primary N) is 1. The fourth-order valence-corrected chi connectivity index (χ4v) is 3.16. The molecule has 2 N–H and O–H groups in total. The molecule has 0 radical (unpaired) electrons. The Bertz CT molecular complexity index is 445. The summed E-state index contributed by atoms with van der Waals surface area (Å²) in [5.41, 5.74) is 8.40. The van der Waals surface area contributed by atoms with Gasteiger partial charge in [0.15, 0.2) is 4.34 Å².